The Morgan fingerprint density at radius 1 is 0.970 bits per heavy atom. The zero-order chi connectivity index (χ0) is 24.3. The first-order chi connectivity index (χ1) is 15.6. The van der Waals surface area contributed by atoms with Gasteiger partial charge in [-0.3, -0.25) is 4.79 Å². The van der Waals surface area contributed by atoms with Gasteiger partial charge in [0.25, 0.3) is 0 Å². The molecule has 2 nitrogen and oxygen atoms in total. The van der Waals surface area contributed by atoms with Crippen molar-refractivity contribution in [1.82, 2.24) is 4.90 Å². The van der Waals surface area contributed by atoms with Gasteiger partial charge in [0.1, 0.15) is 0 Å². The molecule has 1 aliphatic heterocycles. The third kappa shape index (κ3) is 5.77. The fraction of sp³-hybridized carbons (Fsp3) is 0.552. The van der Waals surface area contributed by atoms with Gasteiger partial charge in [0, 0.05) is 27.4 Å². The second-order valence-corrected chi connectivity index (χ2v) is 11.6. The number of likely N-dealkylation sites (tertiary alicyclic amines) is 1. The van der Waals surface area contributed by atoms with E-state index in [2.05, 4.69) is 70.7 Å². The minimum atomic E-state index is -0.402. The van der Waals surface area contributed by atoms with Crippen LogP contribution in [-0.4, -0.2) is 16.8 Å². The van der Waals surface area contributed by atoms with Crippen molar-refractivity contribution in [2.75, 3.05) is 0 Å². The summed E-state index contributed by atoms with van der Waals surface area (Å²) in [4.78, 5) is 16.5. The van der Waals surface area contributed by atoms with Gasteiger partial charge in [-0.05, 0) is 72.9 Å². The number of carbonyl (C=O) groups excluding carboxylic acids is 1. The Labute approximate surface area is 210 Å². The van der Waals surface area contributed by atoms with Crippen molar-refractivity contribution in [3.8, 4) is 0 Å². The predicted molar refractivity (Wildman–Crippen MR) is 141 cm³/mol. The molecule has 0 spiro atoms. The molecule has 1 saturated heterocycles. The van der Waals surface area contributed by atoms with Crippen LogP contribution in [0.4, 0.5) is 0 Å². The van der Waals surface area contributed by atoms with Gasteiger partial charge in [-0.25, -0.2) is 0 Å². The summed E-state index contributed by atoms with van der Waals surface area (Å²) in [5.41, 5.74) is 1.94. The van der Waals surface area contributed by atoms with Crippen molar-refractivity contribution in [3.05, 3.63) is 69.7 Å². The van der Waals surface area contributed by atoms with Gasteiger partial charge in [-0.15, -0.1) is 0 Å². The van der Waals surface area contributed by atoms with Crippen molar-refractivity contribution in [1.29, 1.82) is 0 Å². The molecule has 0 unspecified atom stereocenters. The van der Waals surface area contributed by atoms with Gasteiger partial charge in [-0.1, -0.05) is 89.0 Å². The van der Waals surface area contributed by atoms with E-state index in [0.717, 1.165) is 36.3 Å². The largest absolute Gasteiger partial charge is 0.331 e. The number of hydrogen-bond acceptors (Lipinski definition) is 1. The fourth-order valence-corrected chi connectivity index (χ4v) is 5.68. The molecule has 33 heavy (non-hydrogen) atoms. The zero-order valence-electron chi connectivity index (χ0n) is 20.9. The lowest BCUT2D eigenvalue weighted by molar-refractivity contribution is -0.156. The van der Waals surface area contributed by atoms with E-state index in [4.69, 9.17) is 23.2 Å². The molecular formula is C29H39Cl2NO. The molecule has 4 atom stereocenters. The third-order valence-corrected chi connectivity index (χ3v) is 8.02. The summed E-state index contributed by atoms with van der Waals surface area (Å²) < 4.78 is 0. The molecular weight excluding hydrogens is 449 g/mol. The molecule has 0 radical (unpaired) electrons. The number of rotatable bonds is 8. The van der Waals surface area contributed by atoms with E-state index < -0.39 is 5.41 Å². The number of halogens is 2. The highest BCUT2D eigenvalue weighted by Gasteiger charge is 2.51. The molecule has 0 aromatic heterocycles. The molecule has 1 aliphatic rings. The minimum Gasteiger partial charge on any atom is -0.331 e. The van der Waals surface area contributed by atoms with Crippen LogP contribution in [0, 0.1) is 17.3 Å². The molecule has 0 bridgehead atoms. The van der Waals surface area contributed by atoms with E-state index in [1.807, 2.05) is 24.3 Å². The van der Waals surface area contributed by atoms with E-state index in [0.29, 0.717) is 16.9 Å². The Morgan fingerprint density at radius 2 is 1.64 bits per heavy atom. The Bertz CT molecular complexity index is 939. The normalized spacial score (nSPS) is 24.5. The summed E-state index contributed by atoms with van der Waals surface area (Å²) in [6.07, 6.45) is 3.74. The molecule has 2 aromatic rings. The van der Waals surface area contributed by atoms with Gasteiger partial charge < -0.3 is 4.90 Å². The fourth-order valence-electron chi connectivity index (χ4n) is 5.36. The number of nitrogens with zero attached hydrogens (tertiary/aromatic N) is 1. The molecule has 180 valence electrons. The second kappa shape index (κ2) is 10.8. The van der Waals surface area contributed by atoms with Crippen molar-refractivity contribution in [2.24, 2.45) is 17.3 Å². The Hall–Kier alpha value is -1.51. The summed E-state index contributed by atoms with van der Waals surface area (Å²) in [7, 11) is 0. The van der Waals surface area contributed by atoms with Crippen LogP contribution in [0.2, 0.25) is 10.0 Å². The van der Waals surface area contributed by atoms with E-state index in [-0.39, 0.29) is 23.9 Å². The molecule has 0 aliphatic carbocycles. The Kier molecular flexibility index (Phi) is 8.56. The first-order valence-electron chi connectivity index (χ1n) is 12.4. The average Bonchev–Trinajstić information content (AvgIpc) is 2.77. The maximum Gasteiger partial charge on any atom is 0.229 e. The highest BCUT2D eigenvalue weighted by atomic mass is 35.5. The predicted octanol–water partition coefficient (Wildman–Crippen LogP) is 8.93. The maximum absolute atomic E-state index is 14.2. The van der Waals surface area contributed by atoms with Crippen LogP contribution in [0.15, 0.2) is 48.5 Å². The molecule has 1 fully saturated rings. The van der Waals surface area contributed by atoms with Crippen LogP contribution < -0.4 is 0 Å². The van der Waals surface area contributed by atoms with Gasteiger partial charge in [0.2, 0.25) is 5.91 Å². The van der Waals surface area contributed by atoms with E-state index in [1.54, 1.807) is 0 Å². The van der Waals surface area contributed by atoms with Crippen LogP contribution in [0.3, 0.4) is 0 Å². The van der Waals surface area contributed by atoms with Crippen molar-refractivity contribution < 1.29 is 4.79 Å². The lowest BCUT2D eigenvalue weighted by Crippen LogP contribution is -2.56. The van der Waals surface area contributed by atoms with Gasteiger partial charge in [-0.2, -0.15) is 0 Å². The summed E-state index contributed by atoms with van der Waals surface area (Å²) in [6.45, 7) is 13.3. The highest BCUT2D eigenvalue weighted by molar-refractivity contribution is 6.30. The molecule has 1 heterocycles. The molecule has 2 aromatic carbocycles. The molecule has 4 heteroatoms. The number of hydrogen-bond donors (Lipinski definition) is 0. The van der Waals surface area contributed by atoms with E-state index >= 15 is 0 Å². The first-order valence-corrected chi connectivity index (χ1v) is 13.2. The van der Waals surface area contributed by atoms with Crippen LogP contribution in [0.25, 0.3) is 0 Å². The topological polar surface area (TPSA) is 20.3 Å². The van der Waals surface area contributed by atoms with Crippen LogP contribution in [0.1, 0.15) is 90.3 Å². The van der Waals surface area contributed by atoms with E-state index in [9.17, 15) is 4.79 Å². The van der Waals surface area contributed by atoms with Crippen LogP contribution in [0.5, 0.6) is 0 Å². The highest BCUT2D eigenvalue weighted by Crippen LogP contribution is 2.52. The Morgan fingerprint density at radius 3 is 2.18 bits per heavy atom. The summed E-state index contributed by atoms with van der Waals surface area (Å²) in [5, 5.41) is 1.45. The lowest BCUT2D eigenvalue weighted by atomic mass is 9.66. The van der Waals surface area contributed by atoms with Gasteiger partial charge in [0.05, 0.1) is 6.04 Å². The number of amides is 1. The smallest absolute Gasteiger partial charge is 0.229 e. The Balaban J connectivity index is 2.21. The maximum atomic E-state index is 14.2. The van der Waals surface area contributed by atoms with Crippen molar-refractivity contribution in [2.45, 2.75) is 85.2 Å². The van der Waals surface area contributed by atoms with E-state index in [1.165, 1.54) is 5.56 Å². The SMILES string of the molecule is CC[C@@]1(C)C[C@H](c2cccc(Cl)c2)[C@@H](c2ccc(Cl)cc2)N([C@H](CCC(C)C)C(C)C)C1=O. The number of piperidine rings is 1. The quantitative estimate of drug-likeness (QED) is 0.363. The van der Waals surface area contributed by atoms with Crippen molar-refractivity contribution in [3.63, 3.8) is 0 Å². The number of benzene rings is 2. The minimum absolute atomic E-state index is 0.0487. The van der Waals surface area contributed by atoms with Gasteiger partial charge in [0.15, 0.2) is 0 Å². The monoisotopic (exact) mass is 487 g/mol. The summed E-state index contributed by atoms with van der Waals surface area (Å²) in [5.74, 6) is 1.40. The third-order valence-electron chi connectivity index (χ3n) is 7.54. The summed E-state index contributed by atoms with van der Waals surface area (Å²) >= 11 is 12.7. The molecule has 1 amide bonds. The van der Waals surface area contributed by atoms with Crippen molar-refractivity contribution >= 4 is 29.1 Å². The second-order valence-electron chi connectivity index (χ2n) is 10.8. The summed E-state index contributed by atoms with van der Waals surface area (Å²) in [6, 6.07) is 16.4. The average molecular weight is 489 g/mol. The zero-order valence-corrected chi connectivity index (χ0v) is 22.5. The molecule has 0 N–H and O–H groups in total. The number of carbonyl (C=O) groups is 1. The lowest BCUT2D eigenvalue weighted by Gasteiger charge is -2.53. The first kappa shape index (κ1) is 26.1. The molecule has 3 rings (SSSR count). The van der Waals surface area contributed by atoms with Crippen LogP contribution in [-0.2, 0) is 4.79 Å². The standard InChI is InChI=1S/C29H39Cl2NO/c1-7-29(6)18-25(22-9-8-10-24(31)17-22)27(21-12-14-23(30)15-13-21)32(28(29)33)26(20(4)5)16-11-19(2)3/h8-10,12-15,17,19-20,25-27H,7,11,16,18H2,1-6H3/t25-,26-,27-,29+/m1/s1. The van der Waals surface area contributed by atoms with Crippen LogP contribution >= 0.6 is 23.2 Å². The van der Waals surface area contributed by atoms with Gasteiger partial charge >= 0.3 is 0 Å². The molecule has 0 saturated carbocycles.